The largest absolute Gasteiger partial charge is 0.355 e. The fourth-order valence-electron chi connectivity index (χ4n) is 3.17. The highest BCUT2D eigenvalue weighted by molar-refractivity contribution is 6.30. The zero-order chi connectivity index (χ0) is 11.8. The van der Waals surface area contributed by atoms with Crippen molar-refractivity contribution in [2.45, 2.75) is 24.8 Å². The highest BCUT2D eigenvalue weighted by Crippen LogP contribution is 2.41. The molecule has 2 nitrogen and oxygen atoms in total. The van der Waals surface area contributed by atoms with Crippen LogP contribution in [0, 0.1) is 5.92 Å². The number of amides is 1. The average Bonchev–Trinajstić information content (AvgIpc) is 2.30. The number of carbonyl (C=O) groups excluding carboxylic acids is 1. The highest BCUT2D eigenvalue weighted by atomic mass is 35.5. The van der Waals surface area contributed by atoms with E-state index in [2.05, 4.69) is 29.6 Å². The van der Waals surface area contributed by atoms with Gasteiger partial charge in [-0.1, -0.05) is 29.8 Å². The van der Waals surface area contributed by atoms with Crippen LogP contribution in [0.2, 0.25) is 5.02 Å². The Morgan fingerprint density at radius 3 is 3.12 bits per heavy atom. The van der Waals surface area contributed by atoms with E-state index in [0.717, 1.165) is 24.3 Å². The number of halogens is 1. The minimum atomic E-state index is 0.242. The lowest BCUT2D eigenvalue weighted by Crippen LogP contribution is -2.45. The molecule has 0 saturated carbocycles. The topological polar surface area (TPSA) is 29.1 Å². The summed E-state index contributed by atoms with van der Waals surface area (Å²) in [5.74, 6) is 0.807. The van der Waals surface area contributed by atoms with Gasteiger partial charge in [0.2, 0.25) is 6.41 Å². The Balaban J connectivity index is 2.04. The van der Waals surface area contributed by atoms with E-state index in [1.54, 1.807) is 0 Å². The summed E-state index contributed by atoms with van der Waals surface area (Å²) in [7, 11) is 0. The van der Waals surface area contributed by atoms with Crippen molar-refractivity contribution in [2.75, 3.05) is 0 Å². The van der Waals surface area contributed by atoms with Crippen LogP contribution in [-0.4, -0.2) is 12.5 Å². The van der Waals surface area contributed by atoms with Gasteiger partial charge in [0.05, 0.1) is 0 Å². The van der Waals surface area contributed by atoms with E-state index in [-0.39, 0.29) is 6.04 Å². The Morgan fingerprint density at radius 1 is 1.41 bits per heavy atom. The number of fused-ring (bicyclic) bond motifs is 4. The first-order valence-corrected chi connectivity index (χ1v) is 6.32. The maximum atomic E-state index is 10.7. The maximum absolute atomic E-state index is 10.7. The van der Waals surface area contributed by atoms with Crippen molar-refractivity contribution in [1.29, 1.82) is 0 Å². The van der Waals surface area contributed by atoms with Crippen molar-refractivity contribution < 1.29 is 4.79 Å². The van der Waals surface area contributed by atoms with E-state index >= 15 is 0 Å². The van der Waals surface area contributed by atoms with E-state index in [0.29, 0.717) is 11.8 Å². The van der Waals surface area contributed by atoms with Gasteiger partial charge in [-0.05, 0) is 36.1 Å². The van der Waals surface area contributed by atoms with Crippen LogP contribution in [-0.2, 0) is 11.2 Å². The van der Waals surface area contributed by atoms with Gasteiger partial charge >= 0.3 is 0 Å². The Hall–Kier alpha value is -1.28. The van der Waals surface area contributed by atoms with Crippen molar-refractivity contribution >= 4 is 18.0 Å². The lowest BCUT2D eigenvalue weighted by atomic mass is 9.69. The molecule has 2 aliphatic carbocycles. The van der Waals surface area contributed by atoms with Gasteiger partial charge in [-0.15, -0.1) is 0 Å². The number of hydrogen-bond acceptors (Lipinski definition) is 1. The lowest BCUT2D eigenvalue weighted by molar-refractivity contribution is -0.110. The average molecular weight is 248 g/mol. The molecule has 1 N–H and O–H groups in total. The molecule has 88 valence electrons. The summed E-state index contributed by atoms with van der Waals surface area (Å²) >= 11 is 6.04. The smallest absolute Gasteiger partial charge is 0.207 e. The van der Waals surface area contributed by atoms with Gasteiger partial charge in [-0.2, -0.15) is 0 Å². The molecule has 0 aromatic heterocycles. The van der Waals surface area contributed by atoms with Gasteiger partial charge in [0.15, 0.2) is 0 Å². The van der Waals surface area contributed by atoms with E-state index in [1.165, 1.54) is 11.1 Å². The molecule has 1 amide bonds. The Labute approximate surface area is 106 Å². The molecule has 2 aliphatic rings. The van der Waals surface area contributed by atoms with Gasteiger partial charge in [0.25, 0.3) is 0 Å². The normalized spacial score (nSPS) is 29.6. The third-order valence-electron chi connectivity index (χ3n) is 3.89. The fraction of sp³-hybridized carbons (Fsp3) is 0.357. The van der Waals surface area contributed by atoms with Gasteiger partial charge in [-0.25, -0.2) is 0 Å². The molecule has 0 aliphatic heterocycles. The SMILES string of the molecule is O=CN[C@H]1[C@@H]2CC=C[C@H]1Cc1cc(Cl)ccc12. The van der Waals surface area contributed by atoms with Crippen LogP contribution in [0.4, 0.5) is 0 Å². The predicted molar refractivity (Wildman–Crippen MR) is 68.1 cm³/mol. The van der Waals surface area contributed by atoms with E-state index in [4.69, 9.17) is 11.6 Å². The van der Waals surface area contributed by atoms with Crippen LogP contribution in [0.1, 0.15) is 23.5 Å². The molecule has 0 saturated heterocycles. The molecule has 0 fully saturated rings. The van der Waals surface area contributed by atoms with Crippen LogP contribution in [0.5, 0.6) is 0 Å². The van der Waals surface area contributed by atoms with Crippen LogP contribution in [0.3, 0.4) is 0 Å². The minimum absolute atomic E-state index is 0.242. The third-order valence-corrected chi connectivity index (χ3v) is 4.12. The van der Waals surface area contributed by atoms with Gasteiger partial charge in [0, 0.05) is 22.9 Å². The van der Waals surface area contributed by atoms with Gasteiger partial charge < -0.3 is 5.32 Å². The van der Waals surface area contributed by atoms with Crippen molar-refractivity contribution in [3.63, 3.8) is 0 Å². The number of allylic oxidation sites excluding steroid dienone is 1. The summed E-state index contributed by atoms with van der Waals surface area (Å²) in [4.78, 5) is 10.7. The summed E-state index contributed by atoms with van der Waals surface area (Å²) < 4.78 is 0. The number of benzene rings is 1. The van der Waals surface area contributed by atoms with Gasteiger partial charge in [-0.3, -0.25) is 4.79 Å². The second-order valence-corrected chi connectivity index (χ2v) is 5.23. The molecule has 3 rings (SSSR count). The lowest BCUT2D eigenvalue weighted by Gasteiger charge is -2.40. The van der Waals surface area contributed by atoms with Crippen molar-refractivity contribution in [3.05, 3.63) is 46.5 Å². The molecule has 0 unspecified atom stereocenters. The number of hydrogen-bond donors (Lipinski definition) is 1. The molecule has 1 aromatic rings. The number of rotatable bonds is 2. The Kier molecular flexibility index (Phi) is 2.67. The van der Waals surface area contributed by atoms with E-state index in [1.807, 2.05) is 6.07 Å². The van der Waals surface area contributed by atoms with Crippen molar-refractivity contribution in [3.8, 4) is 0 Å². The molecule has 0 spiro atoms. The molecule has 1 aromatic carbocycles. The summed E-state index contributed by atoms with van der Waals surface area (Å²) in [6, 6.07) is 6.35. The molecular formula is C14H14ClNO. The Morgan fingerprint density at radius 2 is 2.29 bits per heavy atom. The highest BCUT2D eigenvalue weighted by Gasteiger charge is 2.36. The first kappa shape index (κ1) is 10.8. The zero-order valence-corrected chi connectivity index (χ0v) is 10.2. The predicted octanol–water partition coefficient (Wildman–Crippen LogP) is 2.67. The molecule has 0 heterocycles. The molecule has 3 heteroatoms. The molecular weight excluding hydrogens is 234 g/mol. The number of nitrogens with one attached hydrogen (secondary N) is 1. The second-order valence-electron chi connectivity index (χ2n) is 4.79. The maximum Gasteiger partial charge on any atom is 0.207 e. The van der Waals surface area contributed by atoms with E-state index < -0.39 is 0 Å². The quantitative estimate of drug-likeness (QED) is 0.632. The third kappa shape index (κ3) is 1.77. The molecule has 2 bridgehead atoms. The zero-order valence-electron chi connectivity index (χ0n) is 9.40. The fourth-order valence-corrected chi connectivity index (χ4v) is 3.36. The molecule has 17 heavy (non-hydrogen) atoms. The minimum Gasteiger partial charge on any atom is -0.355 e. The standard InChI is InChI=1S/C14H14ClNO/c15-11-4-5-12-10(7-11)6-9-2-1-3-13(12)14(9)16-8-17/h1-2,4-5,7-9,13-14H,3,6H2,(H,16,17)/t9-,13+,14+/m0/s1. The first-order valence-electron chi connectivity index (χ1n) is 5.94. The summed E-state index contributed by atoms with van der Waals surface area (Å²) in [6.07, 6.45) is 7.24. The summed E-state index contributed by atoms with van der Waals surface area (Å²) in [5, 5.41) is 3.78. The first-order chi connectivity index (χ1) is 8.29. The van der Waals surface area contributed by atoms with Crippen LogP contribution in [0.15, 0.2) is 30.4 Å². The number of carbonyl (C=O) groups is 1. The van der Waals surface area contributed by atoms with Crippen molar-refractivity contribution in [1.82, 2.24) is 5.32 Å². The van der Waals surface area contributed by atoms with Crippen LogP contribution >= 0.6 is 11.6 Å². The monoisotopic (exact) mass is 247 g/mol. The summed E-state index contributed by atoms with van der Waals surface area (Å²) in [5.41, 5.74) is 2.68. The van der Waals surface area contributed by atoms with Crippen LogP contribution < -0.4 is 5.32 Å². The van der Waals surface area contributed by atoms with Crippen molar-refractivity contribution in [2.24, 2.45) is 5.92 Å². The second kappa shape index (κ2) is 4.19. The summed E-state index contributed by atoms with van der Waals surface area (Å²) in [6.45, 7) is 0. The Bertz CT molecular complexity index is 483. The van der Waals surface area contributed by atoms with Gasteiger partial charge in [0.1, 0.15) is 0 Å². The van der Waals surface area contributed by atoms with Crippen LogP contribution in [0.25, 0.3) is 0 Å². The van der Waals surface area contributed by atoms with E-state index in [9.17, 15) is 4.79 Å². The molecule has 3 atom stereocenters. The molecule has 0 radical (unpaired) electrons.